The average molecular weight is 491 g/mol. The molecule has 3 aromatic carbocycles. The summed E-state index contributed by atoms with van der Waals surface area (Å²) in [5.74, 6) is 1.67. The molecule has 10 heteroatoms. The van der Waals surface area contributed by atoms with Gasteiger partial charge in [-0.05, 0) is 36.4 Å². The van der Waals surface area contributed by atoms with E-state index in [1.54, 1.807) is 19.2 Å². The smallest absolute Gasteiger partial charge is 0.267 e. The molecule has 0 amide bonds. The number of halogens is 1. The summed E-state index contributed by atoms with van der Waals surface area (Å²) in [6.45, 7) is 0.428. The van der Waals surface area contributed by atoms with E-state index in [9.17, 15) is 9.18 Å². The Bertz CT molecular complexity index is 1650. The number of thioether (sulfide) groups is 1. The zero-order valence-corrected chi connectivity index (χ0v) is 19.4. The molecule has 6 rings (SSSR count). The highest BCUT2D eigenvalue weighted by Gasteiger charge is 2.21. The molecule has 1 aliphatic heterocycles. The Labute approximate surface area is 202 Å². The van der Waals surface area contributed by atoms with Crippen LogP contribution in [-0.4, -0.2) is 33.1 Å². The number of nitrogens with zero attached hydrogens (tertiary/aromatic N) is 4. The van der Waals surface area contributed by atoms with Crippen LogP contribution in [0.4, 0.5) is 4.39 Å². The van der Waals surface area contributed by atoms with E-state index in [1.807, 2.05) is 40.8 Å². The monoisotopic (exact) mass is 490 g/mol. The lowest BCUT2D eigenvalue weighted by Gasteiger charge is -2.20. The lowest BCUT2D eigenvalue weighted by atomic mass is 10.1. The molecule has 0 saturated heterocycles. The lowest BCUT2D eigenvalue weighted by Crippen LogP contribution is -2.21. The molecule has 5 aromatic rings. The van der Waals surface area contributed by atoms with E-state index in [4.69, 9.17) is 14.2 Å². The van der Waals surface area contributed by atoms with Crippen LogP contribution in [0.1, 0.15) is 11.1 Å². The van der Waals surface area contributed by atoms with E-state index in [-0.39, 0.29) is 18.2 Å². The van der Waals surface area contributed by atoms with Crippen molar-refractivity contribution in [3.63, 3.8) is 0 Å². The van der Waals surface area contributed by atoms with Gasteiger partial charge in [0.1, 0.15) is 17.3 Å². The number of hydrogen-bond donors (Lipinski definition) is 0. The van der Waals surface area contributed by atoms with E-state index < -0.39 is 0 Å². The SMILES string of the molecule is COc1cccc(-n2c(=O)c3ccccc3n3c(SCc4cc(F)cc5c4OCOC5)nnc23)c1. The third-order valence-electron chi connectivity index (χ3n) is 5.81. The standard InChI is InChI=1S/C25H19FN4O4S/c1-32-19-6-4-5-18(11-19)29-23(31)20-7-2-3-8-21(20)30-24(29)27-28-25(30)35-13-16-10-17(26)9-15-12-33-14-34-22(15)16/h2-11H,12-14H2,1H3. The van der Waals surface area contributed by atoms with Crippen molar-refractivity contribution in [2.45, 2.75) is 17.5 Å². The molecule has 176 valence electrons. The second-order valence-electron chi connectivity index (χ2n) is 7.93. The van der Waals surface area contributed by atoms with Gasteiger partial charge in [0.15, 0.2) is 11.9 Å². The Balaban J connectivity index is 1.50. The molecule has 0 atom stereocenters. The fourth-order valence-corrected chi connectivity index (χ4v) is 5.17. The second kappa shape index (κ2) is 8.71. The molecule has 0 aliphatic carbocycles. The van der Waals surface area contributed by atoms with Gasteiger partial charge in [0, 0.05) is 22.9 Å². The van der Waals surface area contributed by atoms with Crippen LogP contribution in [0.25, 0.3) is 22.4 Å². The fourth-order valence-electron chi connectivity index (χ4n) is 4.26. The molecular formula is C25H19FN4O4S. The van der Waals surface area contributed by atoms with Gasteiger partial charge in [-0.25, -0.2) is 8.96 Å². The zero-order chi connectivity index (χ0) is 23.9. The minimum Gasteiger partial charge on any atom is -0.497 e. The highest BCUT2D eigenvalue weighted by molar-refractivity contribution is 7.98. The van der Waals surface area contributed by atoms with Gasteiger partial charge >= 0.3 is 0 Å². The third kappa shape index (κ3) is 3.71. The van der Waals surface area contributed by atoms with Gasteiger partial charge in [-0.3, -0.25) is 9.20 Å². The largest absolute Gasteiger partial charge is 0.497 e. The number of aromatic nitrogens is 4. The average Bonchev–Trinajstić information content (AvgIpc) is 3.31. The quantitative estimate of drug-likeness (QED) is 0.339. The summed E-state index contributed by atoms with van der Waals surface area (Å²) in [6, 6.07) is 17.4. The summed E-state index contributed by atoms with van der Waals surface area (Å²) in [7, 11) is 1.57. The molecule has 3 heterocycles. The minimum absolute atomic E-state index is 0.127. The Morgan fingerprint density at radius 3 is 2.89 bits per heavy atom. The Morgan fingerprint density at radius 2 is 2.00 bits per heavy atom. The summed E-state index contributed by atoms with van der Waals surface area (Å²) in [5.41, 5.74) is 2.47. The van der Waals surface area contributed by atoms with Crippen LogP contribution >= 0.6 is 11.8 Å². The van der Waals surface area contributed by atoms with Gasteiger partial charge < -0.3 is 14.2 Å². The van der Waals surface area contributed by atoms with Crippen LogP contribution in [-0.2, 0) is 17.1 Å². The van der Waals surface area contributed by atoms with E-state index in [2.05, 4.69) is 10.2 Å². The molecule has 1 aliphatic rings. The van der Waals surface area contributed by atoms with Crippen LogP contribution in [0, 0.1) is 5.82 Å². The summed E-state index contributed by atoms with van der Waals surface area (Å²) >= 11 is 1.39. The molecule has 35 heavy (non-hydrogen) atoms. The first-order valence-corrected chi connectivity index (χ1v) is 11.8. The summed E-state index contributed by atoms with van der Waals surface area (Å²) < 4.78 is 33.9. The summed E-state index contributed by atoms with van der Waals surface area (Å²) in [6.07, 6.45) is 0. The van der Waals surface area contributed by atoms with E-state index in [0.717, 1.165) is 0 Å². The lowest BCUT2D eigenvalue weighted by molar-refractivity contribution is -0.0171. The molecule has 0 radical (unpaired) electrons. The van der Waals surface area contributed by atoms with Crippen molar-refractivity contribution in [3.8, 4) is 17.2 Å². The molecule has 8 nitrogen and oxygen atoms in total. The number of benzene rings is 3. The van der Waals surface area contributed by atoms with Crippen molar-refractivity contribution in [1.29, 1.82) is 0 Å². The van der Waals surface area contributed by atoms with Gasteiger partial charge in [-0.1, -0.05) is 30.0 Å². The third-order valence-corrected chi connectivity index (χ3v) is 6.79. The predicted molar refractivity (Wildman–Crippen MR) is 129 cm³/mol. The number of hydrogen-bond acceptors (Lipinski definition) is 7. The predicted octanol–water partition coefficient (Wildman–Crippen LogP) is 4.34. The normalized spacial score (nSPS) is 13.1. The molecule has 0 N–H and O–H groups in total. The first-order valence-electron chi connectivity index (χ1n) is 10.8. The minimum atomic E-state index is -0.350. The van der Waals surface area contributed by atoms with Crippen molar-refractivity contribution in [2.24, 2.45) is 0 Å². The maximum absolute atomic E-state index is 14.2. The Hall–Kier alpha value is -3.89. The number of methoxy groups -OCH3 is 1. The zero-order valence-electron chi connectivity index (χ0n) is 18.6. The number of ether oxygens (including phenoxy) is 3. The number of rotatable bonds is 5. The Kier molecular flexibility index (Phi) is 5.39. The maximum atomic E-state index is 14.2. The summed E-state index contributed by atoms with van der Waals surface area (Å²) in [4.78, 5) is 13.5. The molecule has 0 spiro atoms. The topological polar surface area (TPSA) is 79.9 Å². The second-order valence-corrected chi connectivity index (χ2v) is 8.87. The van der Waals surface area contributed by atoms with Crippen LogP contribution in [0.15, 0.2) is 70.6 Å². The van der Waals surface area contributed by atoms with E-state index in [0.29, 0.717) is 62.5 Å². The molecular weight excluding hydrogens is 471 g/mol. The molecule has 0 unspecified atom stereocenters. The number of para-hydroxylation sites is 1. The van der Waals surface area contributed by atoms with Crippen LogP contribution in [0.5, 0.6) is 11.5 Å². The van der Waals surface area contributed by atoms with Crippen LogP contribution < -0.4 is 15.0 Å². The first-order chi connectivity index (χ1) is 17.1. The molecule has 0 bridgehead atoms. The van der Waals surface area contributed by atoms with Crippen molar-refractivity contribution in [3.05, 3.63) is 88.0 Å². The van der Waals surface area contributed by atoms with Crippen LogP contribution in [0.2, 0.25) is 0 Å². The van der Waals surface area contributed by atoms with Gasteiger partial charge in [0.25, 0.3) is 5.56 Å². The van der Waals surface area contributed by atoms with Gasteiger partial charge in [0.2, 0.25) is 5.78 Å². The highest BCUT2D eigenvalue weighted by atomic mass is 32.2. The van der Waals surface area contributed by atoms with Crippen molar-refractivity contribution in [1.82, 2.24) is 19.2 Å². The van der Waals surface area contributed by atoms with Crippen molar-refractivity contribution >= 4 is 28.4 Å². The van der Waals surface area contributed by atoms with Gasteiger partial charge in [-0.2, -0.15) is 0 Å². The van der Waals surface area contributed by atoms with Gasteiger partial charge in [-0.15, -0.1) is 10.2 Å². The number of fused-ring (bicyclic) bond motifs is 4. The molecule has 0 saturated carbocycles. The molecule has 2 aromatic heterocycles. The molecule has 0 fully saturated rings. The van der Waals surface area contributed by atoms with Crippen molar-refractivity contribution < 1.29 is 18.6 Å². The Morgan fingerprint density at radius 1 is 1.11 bits per heavy atom. The van der Waals surface area contributed by atoms with Gasteiger partial charge in [0.05, 0.1) is 30.3 Å². The maximum Gasteiger partial charge on any atom is 0.267 e. The van der Waals surface area contributed by atoms with Crippen molar-refractivity contribution in [2.75, 3.05) is 13.9 Å². The van der Waals surface area contributed by atoms with Crippen LogP contribution in [0.3, 0.4) is 0 Å². The van der Waals surface area contributed by atoms with E-state index in [1.165, 1.54) is 28.5 Å². The fraction of sp³-hybridized carbons (Fsp3) is 0.160. The first kappa shape index (κ1) is 21.6. The highest BCUT2D eigenvalue weighted by Crippen LogP contribution is 2.34. The van der Waals surface area contributed by atoms with E-state index >= 15 is 0 Å². The summed E-state index contributed by atoms with van der Waals surface area (Å²) in [5, 5.41) is 9.85.